The second-order valence-electron chi connectivity index (χ2n) is 3.85. The summed E-state index contributed by atoms with van der Waals surface area (Å²) in [5.41, 5.74) is 1.02. The van der Waals surface area contributed by atoms with E-state index in [1.165, 1.54) is 0 Å². The lowest BCUT2D eigenvalue weighted by Gasteiger charge is -2.08. The zero-order valence-electron chi connectivity index (χ0n) is 10.8. The molecule has 102 valence electrons. The summed E-state index contributed by atoms with van der Waals surface area (Å²) in [6.45, 7) is 0.179. The largest absolute Gasteiger partial charge is 0.497 e. The molecule has 1 rings (SSSR count). The van der Waals surface area contributed by atoms with Gasteiger partial charge in [0.25, 0.3) is 10.1 Å². The molecule has 0 saturated carbocycles. The van der Waals surface area contributed by atoms with Crippen molar-refractivity contribution in [3.05, 3.63) is 23.8 Å². The van der Waals surface area contributed by atoms with E-state index in [1.54, 1.807) is 20.3 Å². The van der Waals surface area contributed by atoms with Gasteiger partial charge in [0.15, 0.2) is 0 Å². The molecule has 6 heteroatoms. The maximum atomic E-state index is 10.8. The molecule has 0 aliphatic rings. The number of rotatable bonds is 7. The van der Waals surface area contributed by atoms with Crippen molar-refractivity contribution in [2.75, 3.05) is 27.1 Å². The topological polar surface area (TPSA) is 61.8 Å². The van der Waals surface area contributed by atoms with Crippen LogP contribution >= 0.6 is 0 Å². The molecule has 0 aromatic heterocycles. The molecular formula is C12H18O5S. The Kier molecular flexibility index (Phi) is 5.43. The third-order valence-corrected chi connectivity index (χ3v) is 2.91. The van der Waals surface area contributed by atoms with Crippen LogP contribution in [0.1, 0.15) is 12.0 Å². The van der Waals surface area contributed by atoms with Crippen LogP contribution in [0.3, 0.4) is 0 Å². The number of hydrogen-bond donors (Lipinski definition) is 0. The van der Waals surface area contributed by atoms with Gasteiger partial charge in [-0.05, 0) is 30.5 Å². The summed E-state index contributed by atoms with van der Waals surface area (Å²) >= 11 is 0. The summed E-state index contributed by atoms with van der Waals surface area (Å²) in [7, 11) is -0.176. The maximum Gasteiger partial charge on any atom is 0.264 e. The van der Waals surface area contributed by atoms with E-state index in [9.17, 15) is 8.42 Å². The molecule has 0 atom stereocenters. The van der Waals surface area contributed by atoms with E-state index in [-0.39, 0.29) is 6.61 Å². The number of hydrogen-bond acceptors (Lipinski definition) is 5. The van der Waals surface area contributed by atoms with E-state index in [1.807, 2.05) is 12.1 Å². The molecule has 5 nitrogen and oxygen atoms in total. The Morgan fingerprint density at radius 1 is 1.06 bits per heavy atom. The third kappa shape index (κ3) is 5.37. The van der Waals surface area contributed by atoms with Crippen molar-refractivity contribution in [1.29, 1.82) is 0 Å². The van der Waals surface area contributed by atoms with E-state index >= 15 is 0 Å². The summed E-state index contributed by atoms with van der Waals surface area (Å²) in [4.78, 5) is 0. The van der Waals surface area contributed by atoms with Crippen molar-refractivity contribution >= 4 is 10.1 Å². The molecule has 0 unspecified atom stereocenters. The van der Waals surface area contributed by atoms with Crippen molar-refractivity contribution in [2.24, 2.45) is 0 Å². The van der Waals surface area contributed by atoms with Gasteiger partial charge in [0.1, 0.15) is 11.5 Å². The highest BCUT2D eigenvalue weighted by Crippen LogP contribution is 2.23. The van der Waals surface area contributed by atoms with Crippen molar-refractivity contribution in [1.82, 2.24) is 0 Å². The monoisotopic (exact) mass is 274 g/mol. The normalized spacial score (nSPS) is 11.3. The van der Waals surface area contributed by atoms with Crippen molar-refractivity contribution in [2.45, 2.75) is 12.8 Å². The molecule has 0 aliphatic carbocycles. The highest BCUT2D eigenvalue weighted by Gasteiger charge is 2.04. The van der Waals surface area contributed by atoms with E-state index in [0.717, 1.165) is 11.8 Å². The van der Waals surface area contributed by atoms with Crippen LogP contribution in [-0.4, -0.2) is 35.5 Å². The number of ether oxygens (including phenoxy) is 2. The lowest BCUT2D eigenvalue weighted by molar-refractivity contribution is 0.315. The second-order valence-corrected chi connectivity index (χ2v) is 5.49. The third-order valence-electron chi connectivity index (χ3n) is 2.32. The Bertz CT molecular complexity index is 459. The first kappa shape index (κ1) is 14.8. The Balaban J connectivity index is 2.56. The van der Waals surface area contributed by atoms with E-state index in [0.29, 0.717) is 24.3 Å². The fourth-order valence-corrected chi connectivity index (χ4v) is 1.92. The summed E-state index contributed by atoms with van der Waals surface area (Å²) in [5.74, 6) is 1.43. The molecule has 0 amide bonds. The highest BCUT2D eigenvalue weighted by atomic mass is 32.2. The Morgan fingerprint density at radius 2 is 1.61 bits per heavy atom. The summed E-state index contributed by atoms with van der Waals surface area (Å²) in [6.07, 6.45) is 2.36. The van der Waals surface area contributed by atoms with Crippen LogP contribution in [0.2, 0.25) is 0 Å². The quantitative estimate of drug-likeness (QED) is 0.558. The minimum Gasteiger partial charge on any atom is -0.497 e. The van der Waals surface area contributed by atoms with Gasteiger partial charge in [-0.25, -0.2) is 0 Å². The van der Waals surface area contributed by atoms with Gasteiger partial charge in [-0.2, -0.15) is 8.42 Å². The molecule has 0 radical (unpaired) electrons. The van der Waals surface area contributed by atoms with Gasteiger partial charge in [0.05, 0.1) is 27.1 Å². The minimum atomic E-state index is -3.35. The van der Waals surface area contributed by atoms with Crippen LogP contribution in [0.5, 0.6) is 11.5 Å². The molecule has 0 N–H and O–H groups in total. The molecule has 0 saturated heterocycles. The van der Waals surface area contributed by atoms with Crippen LogP contribution in [-0.2, 0) is 20.7 Å². The maximum absolute atomic E-state index is 10.8. The summed E-state index contributed by atoms with van der Waals surface area (Å²) in [6, 6.07) is 5.57. The first-order chi connectivity index (χ1) is 8.44. The zero-order chi connectivity index (χ0) is 13.6. The average Bonchev–Trinajstić information content (AvgIpc) is 2.33. The molecule has 0 fully saturated rings. The second kappa shape index (κ2) is 6.61. The number of methoxy groups -OCH3 is 2. The minimum absolute atomic E-state index is 0.179. The van der Waals surface area contributed by atoms with E-state index in [4.69, 9.17) is 9.47 Å². The van der Waals surface area contributed by atoms with Crippen molar-refractivity contribution in [3.63, 3.8) is 0 Å². The fourth-order valence-electron chi connectivity index (χ4n) is 1.50. The lowest BCUT2D eigenvalue weighted by atomic mass is 10.1. The molecule has 1 aromatic carbocycles. The number of aryl methyl sites for hydroxylation is 1. The van der Waals surface area contributed by atoms with Gasteiger partial charge >= 0.3 is 0 Å². The van der Waals surface area contributed by atoms with Gasteiger partial charge in [0.2, 0.25) is 0 Å². The van der Waals surface area contributed by atoms with Crippen LogP contribution < -0.4 is 9.47 Å². The Morgan fingerprint density at radius 3 is 2.06 bits per heavy atom. The lowest BCUT2D eigenvalue weighted by Crippen LogP contribution is -2.05. The Labute approximate surface area is 108 Å². The molecule has 1 aromatic rings. The van der Waals surface area contributed by atoms with Crippen LogP contribution in [0.15, 0.2) is 18.2 Å². The first-order valence-corrected chi connectivity index (χ1v) is 7.32. The first-order valence-electron chi connectivity index (χ1n) is 5.51. The van der Waals surface area contributed by atoms with Crippen molar-refractivity contribution < 1.29 is 22.1 Å². The van der Waals surface area contributed by atoms with Crippen molar-refractivity contribution in [3.8, 4) is 11.5 Å². The summed E-state index contributed by atoms with van der Waals surface area (Å²) in [5, 5.41) is 0. The fraction of sp³-hybridized carbons (Fsp3) is 0.500. The van der Waals surface area contributed by atoms with Gasteiger partial charge in [0, 0.05) is 6.07 Å². The smallest absolute Gasteiger partial charge is 0.264 e. The molecule has 18 heavy (non-hydrogen) atoms. The Hall–Kier alpha value is -1.27. The van der Waals surface area contributed by atoms with Gasteiger partial charge in [-0.3, -0.25) is 4.18 Å². The van der Waals surface area contributed by atoms with Gasteiger partial charge in [-0.15, -0.1) is 0 Å². The van der Waals surface area contributed by atoms with Gasteiger partial charge < -0.3 is 9.47 Å². The molecule has 0 spiro atoms. The van der Waals surface area contributed by atoms with Crippen LogP contribution in [0.4, 0.5) is 0 Å². The standard InChI is InChI=1S/C12H18O5S/c1-15-11-7-10(8-12(9-11)16-2)5-4-6-17-18(3,13)14/h7-9H,4-6H2,1-3H3. The molecule has 0 aliphatic heterocycles. The van der Waals surface area contributed by atoms with E-state index in [2.05, 4.69) is 4.18 Å². The molecule has 0 heterocycles. The predicted molar refractivity (Wildman–Crippen MR) is 68.7 cm³/mol. The SMILES string of the molecule is COc1cc(CCCOS(C)(=O)=O)cc(OC)c1. The zero-order valence-corrected chi connectivity index (χ0v) is 11.6. The summed E-state index contributed by atoms with van der Waals surface area (Å²) < 4.78 is 36.5. The molecule has 0 bridgehead atoms. The highest BCUT2D eigenvalue weighted by molar-refractivity contribution is 7.85. The number of benzene rings is 1. The molecular weight excluding hydrogens is 256 g/mol. The van der Waals surface area contributed by atoms with Crippen LogP contribution in [0.25, 0.3) is 0 Å². The van der Waals surface area contributed by atoms with Crippen LogP contribution in [0, 0.1) is 0 Å². The average molecular weight is 274 g/mol. The van der Waals surface area contributed by atoms with Gasteiger partial charge in [-0.1, -0.05) is 0 Å². The van der Waals surface area contributed by atoms with E-state index < -0.39 is 10.1 Å². The predicted octanol–water partition coefficient (Wildman–Crippen LogP) is 1.61.